The first-order valence-corrected chi connectivity index (χ1v) is 11.3. The fraction of sp³-hybridized carbons (Fsp3) is 0.429. The Labute approximate surface area is 187 Å². The van der Waals surface area contributed by atoms with Crippen molar-refractivity contribution in [2.45, 2.75) is 72.1 Å². The second-order valence-corrected chi connectivity index (χ2v) is 9.26. The molecule has 31 heavy (non-hydrogen) atoms. The predicted molar refractivity (Wildman–Crippen MR) is 129 cm³/mol. The van der Waals surface area contributed by atoms with E-state index in [2.05, 4.69) is 6.58 Å². The highest BCUT2D eigenvalue weighted by Gasteiger charge is 2.19. The molecule has 0 saturated heterocycles. The fourth-order valence-corrected chi connectivity index (χ4v) is 3.63. The van der Waals surface area contributed by atoms with Gasteiger partial charge in [0.1, 0.15) is 11.5 Å². The topological polar surface area (TPSA) is 54.4 Å². The van der Waals surface area contributed by atoms with Crippen LogP contribution in [-0.2, 0) is 17.6 Å². The molecule has 0 unspecified atom stereocenters. The molecule has 3 heteroatoms. The van der Waals surface area contributed by atoms with Gasteiger partial charge in [-0.15, -0.1) is 0 Å². The van der Waals surface area contributed by atoms with E-state index in [1.165, 1.54) is 5.56 Å². The molecule has 166 valence electrons. The van der Waals surface area contributed by atoms with Crippen molar-refractivity contribution in [3.05, 3.63) is 71.3 Å². The number of phenols is 1. The van der Waals surface area contributed by atoms with E-state index in [0.29, 0.717) is 18.6 Å². The van der Waals surface area contributed by atoms with Crippen LogP contribution in [-0.4, -0.2) is 16.7 Å². The van der Waals surface area contributed by atoms with Crippen molar-refractivity contribution in [3.63, 3.8) is 0 Å². The van der Waals surface area contributed by atoms with Gasteiger partial charge in [0.25, 0.3) is 0 Å². The minimum atomic E-state index is -0.251. The monoisotopic (exact) mass is 420 g/mol. The van der Waals surface area contributed by atoms with Crippen LogP contribution in [0.5, 0.6) is 5.75 Å². The van der Waals surface area contributed by atoms with Crippen LogP contribution < -0.4 is 0 Å². The molecular formula is C28H36O3. The SMILES string of the molecule is C=Cc1c(O)cccc1CCc1ccc(C(=O)CCCCCCC(=O)C(C)(C)C)cc1. The van der Waals surface area contributed by atoms with Gasteiger partial charge in [-0.3, -0.25) is 9.59 Å². The Bertz CT molecular complexity index is 885. The molecule has 0 aliphatic rings. The van der Waals surface area contributed by atoms with Crippen LogP contribution in [0.4, 0.5) is 0 Å². The highest BCUT2D eigenvalue weighted by atomic mass is 16.3. The second-order valence-electron chi connectivity index (χ2n) is 9.26. The fourth-order valence-electron chi connectivity index (χ4n) is 3.63. The van der Waals surface area contributed by atoms with Gasteiger partial charge in [0, 0.05) is 29.4 Å². The molecule has 0 heterocycles. The maximum Gasteiger partial charge on any atom is 0.162 e. The molecule has 0 spiro atoms. The van der Waals surface area contributed by atoms with E-state index >= 15 is 0 Å². The summed E-state index contributed by atoms with van der Waals surface area (Å²) < 4.78 is 0. The lowest BCUT2D eigenvalue weighted by Gasteiger charge is -2.16. The van der Waals surface area contributed by atoms with E-state index in [-0.39, 0.29) is 16.9 Å². The van der Waals surface area contributed by atoms with Crippen molar-refractivity contribution >= 4 is 17.6 Å². The third-order valence-corrected chi connectivity index (χ3v) is 5.73. The number of aromatic hydroxyl groups is 1. The first-order chi connectivity index (χ1) is 14.7. The Morgan fingerprint density at radius 1 is 0.903 bits per heavy atom. The standard InChI is InChI=1S/C28H36O3/c1-5-24-22(11-10-13-26(24)30)18-15-21-16-19-23(20-17-21)25(29)12-8-6-7-9-14-27(31)28(2,3)4/h5,10-11,13,16-17,19-20,30H,1,6-9,12,14-15,18H2,2-4H3. The lowest BCUT2D eigenvalue weighted by molar-refractivity contribution is -0.126. The minimum Gasteiger partial charge on any atom is -0.507 e. The van der Waals surface area contributed by atoms with Crippen LogP contribution in [0.15, 0.2) is 49.0 Å². The molecule has 3 nitrogen and oxygen atoms in total. The van der Waals surface area contributed by atoms with Gasteiger partial charge in [-0.2, -0.15) is 0 Å². The number of phenolic OH excluding ortho intramolecular Hbond substituents is 1. The molecule has 0 atom stereocenters. The zero-order chi connectivity index (χ0) is 22.9. The lowest BCUT2D eigenvalue weighted by atomic mass is 9.87. The molecule has 0 bridgehead atoms. The quantitative estimate of drug-likeness (QED) is 0.298. The van der Waals surface area contributed by atoms with Crippen molar-refractivity contribution in [2.75, 3.05) is 0 Å². The summed E-state index contributed by atoms with van der Waals surface area (Å²) in [4.78, 5) is 24.4. The molecule has 2 aromatic rings. The molecule has 0 aromatic heterocycles. The van der Waals surface area contributed by atoms with Gasteiger partial charge in [0.15, 0.2) is 5.78 Å². The molecule has 0 fully saturated rings. The number of unbranched alkanes of at least 4 members (excludes halogenated alkanes) is 3. The number of ketones is 2. The summed E-state index contributed by atoms with van der Waals surface area (Å²) in [5.41, 5.74) is 3.53. The molecule has 0 radical (unpaired) electrons. The molecule has 1 N–H and O–H groups in total. The molecule has 0 aliphatic carbocycles. The summed E-state index contributed by atoms with van der Waals surface area (Å²) in [6, 6.07) is 13.4. The number of hydrogen-bond donors (Lipinski definition) is 1. The Morgan fingerprint density at radius 3 is 2.16 bits per heavy atom. The second kappa shape index (κ2) is 11.6. The molecule has 2 rings (SSSR count). The summed E-state index contributed by atoms with van der Waals surface area (Å²) in [6.07, 6.45) is 8.28. The number of hydrogen-bond acceptors (Lipinski definition) is 3. The van der Waals surface area contributed by atoms with Crippen LogP contribution in [0.3, 0.4) is 0 Å². The summed E-state index contributed by atoms with van der Waals surface area (Å²) in [6.45, 7) is 9.67. The van der Waals surface area contributed by atoms with E-state index < -0.39 is 0 Å². The van der Waals surface area contributed by atoms with Crippen LogP contribution in [0, 0.1) is 5.41 Å². The van der Waals surface area contributed by atoms with Crippen molar-refractivity contribution in [1.29, 1.82) is 0 Å². The highest BCUT2D eigenvalue weighted by Crippen LogP contribution is 2.24. The van der Waals surface area contributed by atoms with Gasteiger partial charge in [-0.05, 0) is 42.9 Å². The number of aryl methyl sites for hydroxylation is 2. The van der Waals surface area contributed by atoms with E-state index in [1.807, 2.05) is 57.2 Å². The van der Waals surface area contributed by atoms with Gasteiger partial charge in [0.2, 0.25) is 0 Å². The van der Waals surface area contributed by atoms with Crippen molar-refractivity contribution < 1.29 is 14.7 Å². The number of rotatable bonds is 12. The predicted octanol–water partition coefficient (Wildman–Crippen LogP) is 6.96. The lowest BCUT2D eigenvalue weighted by Crippen LogP contribution is -2.19. The average molecular weight is 421 g/mol. The van der Waals surface area contributed by atoms with Gasteiger partial charge in [-0.1, -0.05) is 82.7 Å². The van der Waals surface area contributed by atoms with E-state index in [9.17, 15) is 14.7 Å². The Hall–Kier alpha value is -2.68. The first-order valence-electron chi connectivity index (χ1n) is 11.3. The smallest absolute Gasteiger partial charge is 0.162 e. The molecular weight excluding hydrogens is 384 g/mol. The molecule has 0 aliphatic heterocycles. The number of Topliss-reactive ketones (excluding diaryl/α,β-unsaturated/α-hetero) is 2. The third kappa shape index (κ3) is 7.82. The Kier molecular flexibility index (Phi) is 9.23. The average Bonchev–Trinajstić information content (AvgIpc) is 2.74. The highest BCUT2D eigenvalue weighted by molar-refractivity contribution is 5.96. The van der Waals surface area contributed by atoms with Gasteiger partial charge < -0.3 is 5.11 Å². The zero-order valence-electron chi connectivity index (χ0n) is 19.2. The maximum absolute atomic E-state index is 12.4. The van der Waals surface area contributed by atoms with Crippen LogP contribution in [0.2, 0.25) is 0 Å². The summed E-state index contributed by atoms with van der Waals surface area (Å²) in [5.74, 6) is 0.752. The normalized spacial score (nSPS) is 11.3. The number of carbonyl (C=O) groups excluding carboxylic acids is 2. The van der Waals surface area contributed by atoms with Crippen LogP contribution in [0.25, 0.3) is 6.08 Å². The van der Waals surface area contributed by atoms with Crippen LogP contribution >= 0.6 is 0 Å². The molecule has 2 aromatic carbocycles. The molecule has 0 amide bonds. The zero-order valence-corrected chi connectivity index (χ0v) is 19.2. The summed E-state index contributed by atoms with van der Waals surface area (Å²) >= 11 is 0. The number of benzene rings is 2. The van der Waals surface area contributed by atoms with Gasteiger partial charge in [-0.25, -0.2) is 0 Å². The van der Waals surface area contributed by atoms with E-state index in [1.54, 1.807) is 12.1 Å². The Balaban J connectivity index is 1.74. The van der Waals surface area contributed by atoms with E-state index in [4.69, 9.17) is 0 Å². The van der Waals surface area contributed by atoms with Crippen molar-refractivity contribution in [3.8, 4) is 5.75 Å². The minimum absolute atomic E-state index is 0.180. The van der Waals surface area contributed by atoms with Crippen molar-refractivity contribution in [1.82, 2.24) is 0 Å². The summed E-state index contributed by atoms with van der Waals surface area (Å²) in [7, 11) is 0. The van der Waals surface area contributed by atoms with E-state index in [0.717, 1.165) is 55.2 Å². The third-order valence-electron chi connectivity index (χ3n) is 5.73. The van der Waals surface area contributed by atoms with Crippen LogP contribution in [0.1, 0.15) is 86.3 Å². The largest absolute Gasteiger partial charge is 0.507 e. The first kappa shape index (κ1) is 24.6. The van der Waals surface area contributed by atoms with Gasteiger partial charge in [0.05, 0.1) is 0 Å². The van der Waals surface area contributed by atoms with Crippen molar-refractivity contribution in [2.24, 2.45) is 5.41 Å². The van der Waals surface area contributed by atoms with Gasteiger partial charge >= 0.3 is 0 Å². The summed E-state index contributed by atoms with van der Waals surface area (Å²) in [5, 5.41) is 9.94. The number of carbonyl (C=O) groups is 2. The maximum atomic E-state index is 12.4. The Morgan fingerprint density at radius 2 is 1.55 bits per heavy atom. The molecule has 0 saturated carbocycles.